The van der Waals surface area contributed by atoms with Crippen LogP contribution in [0.2, 0.25) is 5.02 Å². The highest BCUT2D eigenvalue weighted by molar-refractivity contribution is 6.31. The van der Waals surface area contributed by atoms with Gasteiger partial charge in [0.25, 0.3) is 0 Å². The SMILES string of the molecule is Cl.Cl.Clc1cc2c(cc1[C@@H](C1CCCCC1)N1CCNCC1)OCO2. The first kappa shape index (κ1) is 20.9. The van der Waals surface area contributed by atoms with Crippen molar-refractivity contribution in [1.29, 1.82) is 0 Å². The van der Waals surface area contributed by atoms with Crippen molar-refractivity contribution in [3.05, 3.63) is 22.7 Å². The van der Waals surface area contributed by atoms with E-state index in [-0.39, 0.29) is 24.8 Å². The van der Waals surface area contributed by atoms with Gasteiger partial charge in [-0.25, -0.2) is 0 Å². The lowest BCUT2D eigenvalue weighted by Crippen LogP contribution is -2.47. The van der Waals surface area contributed by atoms with Gasteiger partial charge in [0, 0.05) is 43.3 Å². The van der Waals surface area contributed by atoms with Gasteiger partial charge in [-0.05, 0) is 30.4 Å². The minimum absolute atomic E-state index is 0. The summed E-state index contributed by atoms with van der Waals surface area (Å²) in [5, 5.41) is 4.28. The zero-order valence-electron chi connectivity index (χ0n) is 14.3. The van der Waals surface area contributed by atoms with Crippen LogP contribution in [0.3, 0.4) is 0 Å². The maximum absolute atomic E-state index is 6.66. The van der Waals surface area contributed by atoms with Crippen LogP contribution in [-0.4, -0.2) is 37.9 Å². The molecule has 1 aromatic rings. The Labute approximate surface area is 167 Å². The number of fused-ring (bicyclic) bond motifs is 1. The average molecular weight is 410 g/mol. The van der Waals surface area contributed by atoms with Crippen molar-refractivity contribution in [1.82, 2.24) is 10.2 Å². The summed E-state index contributed by atoms with van der Waals surface area (Å²) in [6, 6.07) is 4.47. The molecule has 1 saturated carbocycles. The predicted octanol–water partition coefficient (Wildman–Crippen LogP) is 4.44. The van der Waals surface area contributed by atoms with Crippen LogP contribution in [0.1, 0.15) is 43.7 Å². The first-order chi connectivity index (χ1) is 11.3. The van der Waals surface area contributed by atoms with Gasteiger partial charge in [-0.2, -0.15) is 0 Å². The molecule has 0 spiro atoms. The van der Waals surface area contributed by atoms with Crippen LogP contribution in [0, 0.1) is 5.92 Å². The lowest BCUT2D eigenvalue weighted by atomic mass is 9.80. The summed E-state index contributed by atoms with van der Waals surface area (Å²) in [4.78, 5) is 2.62. The normalized spacial score (nSPS) is 22.0. The highest BCUT2D eigenvalue weighted by atomic mass is 35.5. The van der Waals surface area contributed by atoms with Gasteiger partial charge in [0.2, 0.25) is 6.79 Å². The third-order valence-corrected chi connectivity index (χ3v) is 5.78. The van der Waals surface area contributed by atoms with E-state index in [9.17, 15) is 0 Å². The van der Waals surface area contributed by atoms with E-state index in [2.05, 4.69) is 16.3 Å². The van der Waals surface area contributed by atoms with E-state index >= 15 is 0 Å². The molecule has 0 unspecified atom stereocenters. The Bertz CT molecular complexity index is 543. The van der Waals surface area contributed by atoms with Crippen molar-refractivity contribution in [2.24, 2.45) is 5.92 Å². The van der Waals surface area contributed by atoms with Gasteiger partial charge in [-0.15, -0.1) is 24.8 Å². The van der Waals surface area contributed by atoms with Crippen molar-refractivity contribution in [3.63, 3.8) is 0 Å². The molecule has 25 heavy (non-hydrogen) atoms. The quantitative estimate of drug-likeness (QED) is 0.800. The predicted molar refractivity (Wildman–Crippen MR) is 106 cm³/mol. The second kappa shape index (κ2) is 9.52. The first-order valence-corrected chi connectivity index (χ1v) is 9.24. The Morgan fingerprint density at radius 2 is 1.64 bits per heavy atom. The number of nitrogens with one attached hydrogen (secondary N) is 1. The average Bonchev–Trinajstić information content (AvgIpc) is 3.04. The molecule has 0 aromatic heterocycles. The van der Waals surface area contributed by atoms with E-state index in [1.807, 2.05) is 6.07 Å². The number of benzene rings is 1. The van der Waals surface area contributed by atoms with Gasteiger partial charge >= 0.3 is 0 Å². The smallest absolute Gasteiger partial charge is 0.231 e. The molecule has 2 heterocycles. The van der Waals surface area contributed by atoms with Crippen molar-refractivity contribution in [2.75, 3.05) is 33.0 Å². The van der Waals surface area contributed by atoms with Gasteiger partial charge in [0.05, 0.1) is 0 Å². The van der Waals surface area contributed by atoms with Crippen LogP contribution < -0.4 is 14.8 Å². The number of ether oxygens (including phenoxy) is 2. The Morgan fingerprint density at radius 1 is 1.00 bits per heavy atom. The second-order valence-electron chi connectivity index (χ2n) is 6.86. The Balaban J connectivity index is 0.00000113. The van der Waals surface area contributed by atoms with Crippen LogP contribution >= 0.6 is 36.4 Å². The standard InChI is InChI=1S/C18H25ClN2O2.2ClH/c19-15-11-17-16(22-12-23-17)10-14(15)18(13-4-2-1-3-5-13)21-8-6-20-7-9-21;;/h10-11,13,18,20H,1-9,12H2;2*1H/t18-;;/m1../s1. The number of rotatable bonds is 3. The summed E-state index contributed by atoms with van der Waals surface area (Å²) in [5.74, 6) is 2.32. The van der Waals surface area contributed by atoms with Crippen LogP contribution in [0.15, 0.2) is 12.1 Å². The molecule has 142 valence electrons. The van der Waals surface area contributed by atoms with Crippen molar-refractivity contribution in [3.8, 4) is 11.5 Å². The Kier molecular flexibility index (Phi) is 7.96. The molecular weight excluding hydrogens is 383 g/mol. The number of hydrogen-bond acceptors (Lipinski definition) is 4. The molecule has 4 rings (SSSR count). The maximum Gasteiger partial charge on any atom is 0.231 e. The largest absolute Gasteiger partial charge is 0.454 e. The molecule has 7 heteroatoms. The van der Waals surface area contributed by atoms with Crippen LogP contribution in [-0.2, 0) is 0 Å². The second-order valence-corrected chi connectivity index (χ2v) is 7.26. The van der Waals surface area contributed by atoms with Gasteiger partial charge in [-0.1, -0.05) is 30.9 Å². The van der Waals surface area contributed by atoms with E-state index in [1.165, 1.54) is 37.7 Å². The summed E-state index contributed by atoms with van der Waals surface area (Å²) >= 11 is 6.66. The van der Waals surface area contributed by atoms with E-state index in [0.29, 0.717) is 18.8 Å². The van der Waals surface area contributed by atoms with Crippen LogP contribution in [0.4, 0.5) is 0 Å². The summed E-state index contributed by atoms with van der Waals surface area (Å²) < 4.78 is 11.1. The van der Waals surface area contributed by atoms with Gasteiger partial charge in [0.1, 0.15) is 0 Å². The molecule has 1 aromatic carbocycles. The third kappa shape index (κ3) is 4.48. The molecular formula is C18H27Cl3N2O2. The number of halogens is 3. The van der Waals surface area contributed by atoms with E-state index in [4.69, 9.17) is 21.1 Å². The molecule has 2 aliphatic heterocycles. The lowest BCUT2D eigenvalue weighted by Gasteiger charge is -2.41. The van der Waals surface area contributed by atoms with E-state index in [0.717, 1.165) is 42.7 Å². The first-order valence-electron chi connectivity index (χ1n) is 8.87. The Morgan fingerprint density at radius 3 is 2.32 bits per heavy atom. The Hall–Kier alpha value is -0.390. The molecule has 1 saturated heterocycles. The summed E-state index contributed by atoms with van der Waals surface area (Å²) in [5.41, 5.74) is 1.23. The van der Waals surface area contributed by atoms with Crippen LogP contribution in [0.5, 0.6) is 11.5 Å². The molecule has 0 amide bonds. The van der Waals surface area contributed by atoms with Gasteiger partial charge < -0.3 is 14.8 Å². The number of hydrogen-bond donors (Lipinski definition) is 1. The summed E-state index contributed by atoms with van der Waals surface area (Å²) in [6.45, 7) is 4.60. The molecule has 1 aliphatic carbocycles. The van der Waals surface area contributed by atoms with E-state index < -0.39 is 0 Å². The molecule has 3 aliphatic rings. The minimum Gasteiger partial charge on any atom is -0.454 e. The molecule has 1 N–H and O–H groups in total. The van der Waals surface area contributed by atoms with Crippen LogP contribution in [0.25, 0.3) is 0 Å². The summed E-state index contributed by atoms with van der Waals surface area (Å²) in [6.07, 6.45) is 6.67. The van der Waals surface area contributed by atoms with Gasteiger partial charge in [0.15, 0.2) is 11.5 Å². The third-order valence-electron chi connectivity index (χ3n) is 5.45. The van der Waals surface area contributed by atoms with Crippen molar-refractivity contribution < 1.29 is 9.47 Å². The topological polar surface area (TPSA) is 33.7 Å². The fourth-order valence-corrected chi connectivity index (χ4v) is 4.58. The monoisotopic (exact) mass is 408 g/mol. The number of nitrogens with zero attached hydrogens (tertiary/aromatic N) is 1. The zero-order valence-corrected chi connectivity index (χ0v) is 16.7. The fraction of sp³-hybridized carbons (Fsp3) is 0.667. The van der Waals surface area contributed by atoms with Gasteiger partial charge in [-0.3, -0.25) is 4.90 Å². The molecule has 0 bridgehead atoms. The summed E-state index contributed by atoms with van der Waals surface area (Å²) in [7, 11) is 0. The highest BCUT2D eigenvalue weighted by Gasteiger charge is 2.33. The zero-order chi connectivity index (χ0) is 15.6. The molecule has 4 nitrogen and oxygen atoms in total. The minimum atomic E-state index is 0. The lowest BCUT2D eigenvalue weighted by molar-refractivity contribution is 0.103. The molecule has 2 fully saturated rings. The highest BCUT2D eigenvalue weighted by Crippen LogP contribution is 2.45. The number of piperazine rings is 1. The fourth-order valence-electron chi connectivity index (χ4n) is 4.32. The van der Waals surface area contributed by atoms with E-state index in [1.54, 1.807) is 0 Å². The molecule has 0 radical (unpaired) electrons. The maximum atomic E-state index is 6.66. The van der Waals surface area contributed by atoms with Crippen molar-refractivity contribution >= 4 is 36.4 Å². The molecule has 1 atom stereocenters. The van der Waals surface area contributed by atoms with Crippen molar-refractivity contribution in [2.45, 2.75) is 38.1 Å².